The van der Waals surface area contributed by atoms with Crippen molar-refractivity contribution in [3.8, 4) is 6.07 Å². The van der Waals surface area contributed by atoms with E-state index in [2.05, 4.69) is 53.2 Å². The number of hydrogen-bond donors (Lipinski definition) is 2. The van der Waals surface area contributed by atoms with Crippen LogP contribution in [0.25, 0.3) is 5.57 Å². The van der Waals surface area contributed by atoms with Gasteiger partial charge in [0.1, 0.15) is 6.07 Å². The van der Waals surface area contributed by atoms with Crippen molar-refractivity contribution in [3.63, 3.8) is 0 Å². The summed E-state index contributed by atoms with van der Waals surface area (Å²) in [6.45, 7) is 4.59. The monoisotopic (exact) mass is 444 g/mol. The molecule has 0 spiro atoms. The molecule has 33 heavy (non-hydrogen) atoms. The topological polar surface area (TPSA) is 97.7 Å². The first-order chi connectivity index (χ1) is 15.8. The lowest BCUT2D eigenvalue weighted by atomic mass is 9.77. The molecule has 2 saturated heterocycles. The molecule has 0 aromatic carbocycles. The summed E-state index contributed by atoms with van der Waals surface area (Å²) in [6, 6.07) is 7.35. The van der Waals surface area contributed by atoms with Gasteiger partial charge in [0.15, 0.2) is 11.5 Å². The van der Waals surface area contributed by atoms with Crippen molar-refractivity contribution in [2.75, 3.05) is 12.4 Å². The number of amides is 1. The third-order valence-corrected chi connectivity index (χ3v) is 7.87. The molecule has 2 aromatic rings. The molecular weight excluding hydrogens is 412 g/mol. The van der Waals surface area contributed by atoms with Crippen LogP contribution in [0, 0.1) is 16.7 Å². The van der Waals surface area contributed by atoms with Crippen LogP contribution < -0.4 is 5.32 Å². The molecule has 1 amide bonds. The van der Waals surface area contributed by atoms with E-state index in [-0.39, 0.29) is 17.4 Å². The minimum atomic E-state index is -0.360. The lowest BCUT2D eigenvalue weighted by Crippen LogP contribution is -2.39. The minimum Gasteiger partial charge on any atom is -0.339 e. The van der Waals surface area contributed by atoms with Crippen molar-refractivity contribution in [3.05, 3.63) is 47.3 Å². The molecular formula is C26H32N6O. The molecule has 2 atom stereocenters. The average molecular weight is 445 g/mol. The standard InChI is InChI=1S/C26H32N6O/c1-26(2)10-8-16(9-11-26)23-22(31-25(33)24-28-15-18(14-27)29-24)7-6-21(30-23)17-12-19-4-5-20(13-17)32(19)3/h6-8,15,17,19-20H,4-5,9-13H2,1-3H3,(H,28,29)(H,31,33). The van der Waals surface area contributed by atoms with Crippen molar-refractivity contribution in [1.29, 1.82) is 5.26 Å². The number of hydrogen-bond acceptors (Lipinski definition) is 5. The van der Waals surface area contributed by atoms with Crippen LogP contribution in [0.3, 0.4) is 0 Å². The molecule has 0 saturated carbocycles. The van der Waals surface area contributed by atoms with Crippen molar-refractivity contribution in [1.82, 2.24) is 19.9 Å². The maximum atomic E-state index is 12.8. The van der Waals surface area contributed by atoms with E-state index >= 15 is 0 Å². The highest BCUT2D eigenvalue weighted by Crippen LogP contribution is 2.43. The first-order valence-electron chi connectivity index (χ1n) is 12.0. The number of carbonyl (C=O) groups is 1. The molecule has 1 aliphatic carbocycles. The lowest BCUT2D eigenvalue weighted by Gasteiger charge is -2.36. The first kappa shape index (κ1) is 21.8. The number of aromatic amines is 1. The number of rotatable bonds is 4. The number of nitriles is 1. The number of fused-ring (bicyclic) bond motifs is 2. The summed E-state index contributed by atoms with van der Waals surface area (Å²) in [5, 5.41) is 12.0. The minimum absolute atomic E-state index is 0.132. The zero-order valence-corrected chi connectivity index (χ0v) is 19.7. The van der Waals surface area contributed by atoms with Crippen molar-refractivity contribution in [2.45, 2.75) is 76.8 Å². The van der Waals surface area contributed by atoms with Crippen LogP contribution in [-0.4, -0.2) is 44.9 Å². The van der Waals surface area contributed by atoms with Crippen LogP contribution in [0.1, 0.15) is 92.4 Å². The molecule has 3 aliphatic rings. The van der Waals surface area contributed by atoms with Gasteiger partial charge >= 0.3 is 0 Å². The quantitative estimate of drug-likeness (QED) is 0.702. The number of nitrogens with one attached hydrogen (secondary N) is 2. The number of H-pyrrole nitrogens is 1. The molecule has 7 heteroatoms. The van der Waals surface area contributed by atoms with E-state index < -0.39 is 0 Å². The lowest BCUT2D eigenvalue weighted by molar-refractivity contribution is 0.101. The second-order valence-corrected chi connectivity index (χ2v) is 10.6. The molecule has 2 unspecified atom stereocenters. The Balaban J connectivity index is 1.46. The molecule has 0 radical (unpaired) electrons. The number of allylic oxidation sites excluding steroid dienone is 2. The SMILES string of the molecule is CN1C2CCC1CC(c1ccc(NC(=O)c3nc(C#N)c[nH]3)c(C3=CCC(C)(C)CC3)n1)C2. The summed E-state index contributed by atoms with van der Waals surface area (Å²) >= 11 is 0. The van der Waals surface area contributed by atoms with Crippen LogP contribution in [0.15, 0.2) is 24.4 Å². The molecule has 2 aromatic heterocycles. The predicted octanol–water partition coefficient (Wildman–Crippen LogP) is 4.86. The van der Waals surface area contributed by atoms with Gasteiger partial charge in [-0.05, 0) is 75.1 Å². The van der Waals surface area contributed by atoms with Crippen LogP contribution >= 0.6 is 0 Å². The molecule has 2 fully saturated rings. The number of aromatic nitrogens is 3. The fourth-order valence-corrected chi connectivity index (χ4v) is 5.67. The highest BCUT2D eigenvalue weighted by Gasteiger charge is 2.39. The van der Waals surface area contributed by atoms with Gasteiger partial charge < -0.3 is 15.2 Å². The average Bonchev–Trinajstić information content (AvgIpc) is 3.34. The number of carbonyl (C=O) groups excluding carboxylic acids is 1. The molecule has 7 nitrogen and oxygen atoms in total. The second kappa shape index (κ2) is 8.42. The summed E-state index contributed by atoms with van der Waals surface area (Å²) in [5.74, 6) is 0.236. The van der Waals surface area contributed by atoms with E-state index in [1.165, 1.54) is 24.6 Å². The molecule has 2 aliphatic heterocycles. The zero-order chi connectivity index (χ0) is 23.2. The Hall–Kier alpha value is -2.98. The summed E-state index contributed by atoms with van der Waals surface area (Å²) in [4.78, 5) is 27.4. The maximum absolute atomic E-state index is 12.8. The van der Waals surface area contributed by atoms with Gasteiger partial charge in [-0.3, -0.25) is 9.78 Å². The van der Waals surface area contributed by atoms with Gasteiger partial charge in [-0.15, -0.1) is 0 Å². The van der Waals surface area contributed by atoms with Gasteiger partial charge in [-0.2, -0.15) is 5.26 Å². The van der Waals surface area contributed by atoms with Crippen molar-refractivity contribution in [2.24, 2.45) is 5.41 Å². The fraction of sp³-hybridized carbons (Fsp3) is 0.538. The Kier molecular flexibility index (Phi) is 5.57. The van der Waals surface area contributed by atoms with Gasteiger partial charge in [0.2, 0.25) is 0 Å². The summed E-state index contributed by atoms with van der Waals surface area (Å²) in [5.41, 5.74) is 4.43. The van der Waals surface area contributed by atoms with Crippen LogP contribution in [0.2, 0.25) is 0 Å². The fourth-order valence-electron chi connectivity index (χ4n) is 5.67. The van der Waals surface area contributed by atoms with Gasteiger partial charge in [0, 0.05) is 29.9 Å². The second-order valence-electron chi connectivity index (χ2n) is 10.6. The highest BCUT2D eigenvalue weighted by atomic mass is 16.2. The molecule has 2 bridgehead atoms. The van der Waals surface area contributed by atoms with Crippen LogP contribution in [-0.2, 0) is 0 Å². The van der Waals surface area contributed by atoms with Gasteiger partial charge in [0.25, 0.3) is 5.91 Å². The van der Waals surface area contributed by atoms with Crippen LogP contribution in [0.5, 0.6) is 0 Å². The predicted molar refractivity (Wildman–Crippen MR) is 128 cm³/mol. The van der Waals surface area contributed by atoms with Gasteiger partial charge in [-0.1, -0.05) is 19.9 Å². The van der Waals surface area contributed by atoms with E-state index in [0.29, 0.717) is 29.1 Å². The number of imidazole rings is 1. The Morgan fingerprint density at radius 3 is 2.64 bits per heavy atom. The highest BCUT2D eigenvalue weighted by molar-refractivity contribution is 6.03. The number of pyridine rings is 1. The van der Waals surface area contributed by atoms with Crippen LogP contribution in [0.4, 0.5) is 5.69 Å². The van der Waals surface area contributed by atoms with Crippen molar-refractivity contribution >= 4 is 17.2 Å². The van der Waals surface area contributed by atoms with Gasteiger partial charge in [-0.25, -0.2) is 4.98 Å². The van der Waals surface area contributed by atoms with E-state index in [4.69, 9.17) is 10.2 Å². The number of nitrogens with zero attached hydrogens (tertiary/aromatic N) is 4. The normalized spacial score (nSPS) is 26.5. The Bertz CT molecular complexity index is 1130. The summed E-state index contributed by atoms with van der Waals surface area (Å²) < 4.78 is 0. The first-order valence-corrected chi connectivity index (χ1v) is 12.0. The summed E-state index contributed by atoms with van der Waals surface area (Å²) in [6.07, 6.45) is 11.7. The molecule has 2 N–H and O–H groups in total. The Labute approximate surface area is 195 Å². The van der Waals surface area contributed by atoms with Crippen molar-refractivity contribution < 1.29 is 4.79 Å². The third kappa shape index (κ3) is 4.32. The zero-order valence-electron chi connectivity index (χ0n) is 19.7. The largest absolute Gasteiger partial charge is 0.339 e. The van der Waals surface area contributed by atoms with E-state index in [0.717, 1.165) is 43.5 Å². The van der Waals surface area contributed by atoms with E-state index in [1.807, 2.05) is 12.1 Å². The third-order valence-electron chi connectivity index (χ3n) is 7.87. The Morgan fingerprint density at radius 2 is 2.00 bits per heavy atom. The van der Waals surface area contributed by atoms with E-state index in [9.17, 15) is 4.79 Å². The molecule has 5 rings (SSSR count). The smallest absolute Gasteiger partial charge is 0.291 e. The number of piperidine rings is 1. The maximum Gasteiger partial charge on any atom is 0.291 e. The van der Waals surface area contributed by atoms with E-state index in [1.54, 1.807) is 0 Å². The summed E-state index contributed by atoms with van der Waals surface area (Å²) in [7, 11) is 2.26. The van der Waals surface area contributed by atoms with Gasteiger partial charge in [0.05, 0.1) is 11.4 Å². The molecule has 4 heterocycles. The number of anilines is 1. The molecule has 172 valence electrons. The Morgan fingerprint density at radius 1 is 1.24 bits per heavy atom.